The van der Waals surface area contributed by atoms with Crippen molar-refractivity contribution >= 4 is 32.7 Å². The van der Waals surface area contributed by atoms with E-state index in [2.05, 4.69) is 144 Å². The van der Waals surface area contributed by atoms with Gasteiger partial charge in [-0.05, 0) is 47.5 Å². The zero-order valence-corrected chi connectivity index (χ0v) is 20.9. The largest absolute Gasteiger partial charge is 0.309 e. The van der Waals surface area contributed by atoms with Crippen molar-refractivity contribution < 1.29 is 0 Å². The van der Waals surface area contributed by atoms with Crippen LogP contribution >= 0.6 is 0 Å². The van der Waals surface area contributed by atoms with Gasteiger partial charge in [0.1, 0.15) is 0 Å². The van der Waals surface area contributed by atoms with E-state index < -0.39 is 0 Å². The van der Waals surface area contributed by atoms with Gasteiger partial charge in [-0.25, -0.2) is 0 Å². The molecule has 0 N–H and O–H groups in total. The predicted octanol–water partition coefficient (Wildman–Crippen LogP) is 9.03. The highest BCUT2D eigenvalue weighted by molar-refractivity contribution is 6.09. The van der Waals surface area contributed by atoms with Crippen molar-refractivity contribution in [2.24, 2.45) is 0 Å². The summed E-state index contributed by atoms with van der Waals surface area (Å²) in [5.41, 5.74) is 11.5. The zero-order chi connectivity index (χ0) is 24.7. The molecular weight excluding hydrogens is 448 g/mol. The van der Waals surface area contributed by atoms with Gasteiger partial charge in [-0.1, -0.05) is 98.8 Å². The monoisotopic (exact) mass is 474 g/mol. The molecule has 0 aliphatic heterocycles. The Bertz CT molecular complexity index is 1960. The highest BCUT2D eigenvalue weighted by Gasteiger charge is 2.40. The summed E-state index contributed by atoms with van der Waals surface area (Å²) in [4.78, 5) is 0. The summed E-state index contributed by atoms with van der Waals surface area (Å²) in [6, 6.07) is 44.2. The molecule has 1 aliphatic carbocycles. The van der Waals surface area contributed by atoms with Gasteiger partial charge in [0, 0.05) is 38.5 Å². The smallest absolute Gasteiger partial charge is 0.0585 e. The number of nitrogens with zero attached hydrogens (tertiary/aromatic N) is 2. The molecule has 0 unspecified atom stereocenters. The van der Waals surface area contributed by atoms with E-state index >= 15 is 0 Å². The van der Waals surface area contributed by atoms with Crippen LogP contribution < -0.4 is 0 Å². The Balaban J connectivity index is 1.45. The molecule has 0 bridgehead atoms. The molecule has 0 fully saturated rings. The molecule has 2 heterocycles. The second-order valence-corrected chi connectivity index (χ2v) is 10.6. The molecule has 0 spiro atoms. The van der Waals surface area contributed by atoms with E-state index in [9.17, 15) is 0 Å². The fraction of sp³-hybridized carbons (Fsp3) is 0.0857. The van der Waals surface area contributed by atoms with Crippen LogP contribution in [-0.2, 0) is 5.41 Å². The number of hydrogen-bond donors (Lipinski definition) is 0. The van der Waals surface area contributed by atoms with E-state index in [0.717, 1.165) is 0 Å². The molecule has 8 rings (SSSR count). The Morgan fingerprint density at radius 1 is 0.486 bits per heavy atom. The number of para-hydroxylation sites is 3. The molecule has 0 radical (unpaired) electrons. The van der Waals surface area contributed by atoms with Gasteiger partial charge in [0.2, 0.25) is 0 Å². The van der Waals surface area contributed by atoms with Crippen LogP contribution in [0.3, 0.4) is 0 Å². The normalized spacial score (nSPS) is 13.9. The number of rotatable bonds is 2. The number of aromatic nitrogens is 2. The topological polar surface area (TPSA) is 9.86 Å². The summed E-state index contributed by atoms with van der Waals surface area (Å²) in [5, 5.41) is 3.90. The van der Waals surface area contributed by atoms with Crippen LogP contribution in [0.25, 0.3) is 55.3 Å². The van der Waals surface area contributed by atoms with Crippen LogP contribution in [0, 0.1) is 0 Å². The molecule has 0 saturated carbocycles. The fourth-order valence-electron chi connectivity index (χ4n) is 6.74. The number of benzene rings is 5. The average Bonchev–Trinajstić information content (AvgIpc) is 3.54. The molecule has 1 aliphatic rings. The summed E-state index contributed by atoms with van der Waals surface area (Å²) >= 11 is 0. The minimum atomic E-state index is -0.0543. The van der Waals surface area contributed by atoms with E-state index in [1.165, 1.54) is 66.5 Å². The molecular formula is C35H26N2. The maximum absolute atomic E-state index is 2.48. The SMILES string of the molecule is CC1(C)c2ccccc2-c2c1c1ccccc1n2-c1cccc(-n2c3ccccc3c3ccccc32)c1. The van der Waals surface area contributed by atoms with Gasteiger partial charge in [-0.2, -0.15) is 0 Å². The lowest BCUT2D eigenvalue weighted by molar-refractivity contribution is 0.666. The Morgan fingerprint density at radius 2 is 1.00 bits per heavy atom. The first-order valence-electron chi connectivity index (χ1n) is 13.0. The first-order valence-corrected chi connectivity index (χ1v) is 13.0. The van der Waals surface area contributed by atoms with Crippen LogP contribution in [0.4, 0.5) is 0 Å². The average molecular weight is 475 g/mol. The second kappa shape index (κ2) is 7.24. The fourth-order valence-corrected chi connectivity index (χ4v) is 6.74. The Labute approximate surface area is 216 Å². The molecule has 0 saturated heterocycles. The molecule has 0 atom stereocenters. The molecule has 176 valence electrons. The predicted molar refractivity (Wildman–Crippen MR) is 155 cm³/mol. The molecule has 2 nitrogen and oxygen atoms in total. The molecule has 2 aromatic heterocycles. The molecule has 5 aromatic carbocycles. The first kappa shape index (κ1) is 20.6. The standard InChI is InChI=1S/C35H26N2/c1-35(2)29-18-7-3-16-27(29)34-33(35)28-17-6-10-21-32(28)37(34)24-13-11-12-23(22-24)36-30-19-8-4-14-25(30)26-15-5-9-20-31(26)36/h3-22H,1-2H3. The second-order valence-electron chi connectivity index (χ2n) is 10.6. The first-order chi connectivity index (χ1) is 18.1. The minimum absolute atomic E-state index is 0.0543. The van der Waals surface area contributed by atoms with Gasteiger partial charge in [0.15, 0.2) is 0 Å². The van der Waals surface area contributed by atoms with Crippen LogP contribution in [0.5, 0.6) is 0 Å². The Morgan fingerprint density at radius 3 is 1.68 bits per heavy atom. The van der Waals surface area contributed by atoms with E-state index in [4.69, 9.17) is 0 Å². The summed E-state index contributed by atoms with van der Waals surface area (Å²) in [5.74, 6) is 0. The minimum Gasteiger partial charge on any atom is -0.309 e. The molecule has 0 amide bonds. The lowest BCUT2D eigenvalue weighted by atomic mass is 9.81. The van der Waals surface area contributed by atoms with Crippen molar-refractivity contribution in [2.45, 2.75) is 19.3 Å². The van der Waals surface area contributed by atoms with Crippen LogP contribution in [0.15, 0.2) is 121 Å². The van der Waals surface area contributed by atoms with Gasteiger partial charge < -0.3 is 9.13 Å². The summed E-state index contributed by atoms with van der Waals surface area (Å²) in [6.07, 6.45) is 0. The van der Waals surface area contributed by atoms with Crippen molar-refractivity contribution in [3.8, 4) is 22.6 Å². The van der Waals surface area contributed by atoms with Crippen LogP contribution in [-0.4, -0.2) is 9.13 Å². The van der Waals surface area contributed by atoms with Crippen molar-refractivity contribution in [1.82, 2.24) is 9.13 Å². The summed E-state index contributed by atoms with van der Waals surface area (Å²) in [7, 11) is 0. The summed E-state index contributed by atoms with van der Waals surface area (Å²) in [6.45, 7) is 4.73. The maximum Gasteiger partial charge on any atom is 0.0585 e. The highest BCUT2D eigenvalue weighted by atomic mass is 15.0. The van der Waals surface area contributed by atoms with E-state index in [1.807, 2.05) is 0 Å². The van der Waals surface area contributed by atoms with Gasteiger partial charge in [0.25, 0.3) is 0 Å². The zero-order valence-electron chi connectivity index (χ0n) is 20.9. The summed E-state index contributed by atoms with van der Waals surface area (Å²) < 4.78 is 4.88. The van der Waals surface area contributed by atoms with Crippen molar-refractivity contribution in [3.05, 3.63) is 132 Å². The lowest BCUT2D eigenvalue weighted by Crippen LogP contribution is -2.14. The Kier molecular flexibility index (Phi) is 4.03. The van der Waals surface area contributed by atoms with Crippen LogP contribution in [0.1, 0.15) is 25.0 Å². The van der Waals surface area contributed by atoms with E-state index in [0.29, 0.717) is 0 Å². The van der Waals surface area contributed by atoms with E-state index in [-0.39, 0.29) is 5.41 Å². The number of hydrogen-bond acceptors (Lipinski definition) is 0. The van der Waals surface area contributed by atoms with Crippen molar-refractivity contribution in [2.75, 3.05) is 0 Å². The highest BCUT2D eigenvalue weighted by Crippen LogP contribution is 2.53. The van der Waals surface area contributed by atoms with Crippen molar-refractivity contribution in [1.29, 1.82) is 0 Å². The van der Waals surface area contributed by atoms with Gasteiger partial charge >= 0.3 is 0 Å². The number of fused-ring (bicyclic) bond motifs is 8. The third-order valence-corrected chi connectivity index (χ3v) is 8.28. The lowest BCUT2D eigenvalue weighted by Gasteiger charge is -2.21. The third kappa shape index (κ3) is 2.65. The van der Waals surface area contributed by atoms with Crippen molar-refractivity contribution in [3.63, 3.8) is 0 Å². The maximum atomic E-state index is 2.48. The quantitative estimate of drug-likeness (QED) is 0.236. The molecule has 37 heavy (non-hydrogen) atoms. The van der Waals surface area contributed by atoms with Gasteiger partial charge in [-0.15, -0.1) is 0 Å². The third-order valence-electron chi connectivity index (χ3n) is 8.28. The van der Waals surface area contributed by atoms with Crippen LogP contribution in [0.2, 0.25) is 0 Å². The Hall–Kier alpha value is -4.56. The molecule has 7 aromatic rings. The van der Waals surface area contributed by atoms with Gasteiger partial charge in [-0.3, -0.25) is 0 Å². The van der Waals surface area contributed by atoms with Gasteiger partial charge in [0.05, 0.1) is 22.2 Å². The molecule has 2 heteroatoms. The van der Waals surface area contributed by atoms with E-state index in [1.54, 1.807) is 0 Å².